The molecule has 0 unspecified atom stereocenters. The number of Topliss-reactive ketones (excluding diaryl/α,β-unsaturated/α-hetero) is 1. The van der Waals surface area contributed by atoms with Crippen molar-refractivity contribution in [1.82, 2.24) is 0 Å². The predicted octanol–water partition coefficient (Wildman–Crippen LogP) is 5.72. The molecule has 0 N–H and O–H groups in total. The minimum atomic E-state index is -0.205. The molecule has 4 aliphatic carbocycles. The van der Waals surface area contributed by atoms with Crippen LogP contribution < -0.4 is 0 Å². The summed E-state index contributed by atoms with van der Waals surface area (Å²) in [4.78, 5) is 35.6. The molecule has 1 heterocycles. The van der Waals surface area contributed by atoms with E-state index in [1.54, 1.807) is 11.6 Å². The lowest BCUT2D eigenvalue weighted by Crippen LogP contribution is -2.52. The summed E-state index contributed by atoms with van der Waals surface area (Å²) in [6, 6.07) is 0. The molecule has 0 radical (unpaired) electrons. The maximum absolute atomic E-state index is 12.3. The van der Waals surface area contributed by atoms with Gasteiger partial charge in [0.2, 0.25) is 0 Å². The van der Waals surface area contributed by atoms with E-state index >= 15 is 0 Å². The molecule has 1 aliphatic heterocycles. The molecule has 3 fully saturated rings. The number of rotatable bonds is 6. The number of esters is 2. The molecule has 5 heteroatoms. The highest BCUT2D eigenvalue weighted by atomic mass is 16.5. The normalized spacial score (nSPS) is 40.9. The Hall–Kier alpha value is -1.91. The Morgan fingerprint density at radius 2 is 1.94 bits per heavy atom. The van der Waals surface area contributed by atoms with E-state index in [2.05, 4.69) is 19.9 Å². The van der Waals surface area contributed by atoms with Crippen molar-refractivity contribution in [3.8, 4) is 0 Å². The van der Waals surface area contributed by atoms with Crippen molar-refractivity contribution >= 4 is 17.7 Å². The largest absolute Gasteiger partial charge is 0.462 e. The third-order valence-corrected chi connectivity index (χ3v) is 10.5. The van der Waals surface area contributed by atoms with E-state index in [9.17, 15) is 14.4 Å². The molecular formula is C29H40O5. The summed E-state index contributed by atoms with van der Waals surface area (Å²) in [6.45, 7) is 7.25. The molecule has 0 aromatic heterocycles. The zero-order valence-corrected chi connectivity index (χ0v) is 21.1. The van der Waals surface area contributed by atoms with Gasteiger partial charge in [-0.1, -0.05) is 32.4 Å². The monoisotopic (exact) mass is 468 g/mol. The van der Waals surface area contributed by atoms with Gasteiger partial charge in [-0.25, -0.2) is 4.79 Å². The number of carbonyl (C=O) groups is 3. The van der Waals surface area contributed by atoms with Crippen molar-refractivity contribution in [3.05, 3.63) is 23.3 Å². The summed E-state index contributed by atoms with van der Waals surface area (Å²) in [5, 5.41) is 0. The molecule has 186 valence electrons. The first-order chi connectivity index (χ1) is 16.2. The first-order valence-electron chi connectivity index (χ1n) is 13.5. The number of carbonyl (C=O) groups excluding carboxylic acids is 3. The van der Waals surface area contributed by atoms with Crippen LogP contribution in [0.1, 0.15) is 91.4 Å². The van der Waals surface area contributed by atoms with Gasteiger partial charge in [0.25, 0.3) is 0 Å². The number of cyclic esters (lactones) is 1. The summed E-state index contributed by atoms with van der Waals surface area (Å²) in [5.41, 5.74) is 3.31. The Kier molecular flexibility index (Phi) is 6.27. The minimum absolute atomic E-state index is 0.00891. The van der Waals surface area contributed by atoms with Gasteiger partial charge >= 0.3 is 11.9 Å². The highest BCUT2D eigenvalue weighted by Crippen LogP contribution is 2.66. The van der Waals surface area contributed by atoms with Gasteiger partial charge in [0, 0.05) is 18.9 Å². The van der Waals surface area contributed by atoms with E-state index in [0.717, 1.165) is 25.7 Å². The van der Waals surface area contributed by atoms with E-state index in [-0.39, 0.29) is 35.7 Å². The van der Waals surface area contributed by atoms with E-state index in [1.165, 1.54) is 31.3 Å². The highest BCUT2D eigenvalue weighted by Gasteiger charge is 2.58. The van der Waals surface area contributed by atoms with Gasteiger partial charge in [0.05, 0.1) is 6.42 Å². The van der Waals surface area contributed by atoms with Gasteiger partial charge in [-0.3, -0.25) is 9.59 Å². The van der Waals surface area contributed by atoms with Crippen LogP contribution in [0.5, 0.6) is 0 Å². The fraction of sp³-hybridized carbons (Fsp3) is 0.759. The Labute approximate surface area is 203 Å². The fourth-order valence-corrected chi connectivity index (χ4v) is 8.47. The summed E-state index contributed by atoms with van der Waals surface area (Å²) >= 11 is 0. The SMILES string of the molecule is CCC(=O)CCC(=O)O[C@H]1CC[C@@]2(C)[C@H](CC[C@H]3C4=CC[C@H](C5=CC(=O)OC5)[C@@]4(C)CC[C@@H]32)C1. The molecule has 0 saturated heterocycles. The van der Waals surface area contributed by atoms with E-state index in [1.807, 2.05) is 6.92 Å². The molecule has 0 aromatic carbocycles. The first kappa shape index (κ1) is 23.8. The molecule has 7 atom stereocenters. The third kappa shape index (κ3) is 3.97. The summed E-state index contributed by atoms with van der Waals surface area (Å²) in [6.07, 6.45) is 14.2. The lowest BCUT2D eigenvalue weighted by Gasteiger charge is -2.59. The zero-order chi connectivity index (χ0) is 24.1. The minimum Gasteiger partial charge on any atom is -0.462 e. The second kappa shape index (κ2) is 8.95. The van der Waals surface area contributed by atoms with Crippen LogP contribution in [-0.4, -0.2) is 30.4 Å². The smallest absolute Gasteiger partial charge is 0.331 e. The Bertz CT molecular complexity index is 931. The quantitative estimate of drug-likeness (QED) is 0.368. The number of allylic oxidation sites excluding steroid dienone is 2. The number of hydrogen-bond donors (Lipinski definition) is 0. The second-order valence-electron chi connectivity index (χ2n) is 12.0. The van der Waals surface area contributed by atoms with Crippen LogP contribution in [0.15, 0.2) is 23.3 Å². The van der Waals surface area contributed by atoms with Crippen molar-refractivity contribution < 1.29 is 23.9 Å². The van der Waals surface area contributed by atoms with Crippen LogP contribution in [0.25, 0.3) is 0 Å². The van der Waals surface area contributed by atoms with Crippen molar-refractivity contribution in [3.63, 3.8) is 0 Å². The topological polar surface area (TPSA) is 69.7 Å². The van der Waals surface area contributed by atoms with Crippen LogP contribution in [-0.2, 0) is 23.9 Å². The van der Waals surface area contributed by atoms with Gasteiger partial charge in [0.1, 0.15) is 18.5 Å². The number of ether oxygens (including phenoxy) is 2. The third-order valence-electron chi connectivity index (χ3n) is 10.5. The summed E-state index contributed by atoms with van der Waals surface area (Å²) < 4.78 is 11.1. The average Bonchev–Trinajstić information content (AvgIpc) is 3.39. The van der Waals surface area contributed by atoms with Gasteiger partial charge in [-0.15, -0.1) is 0 Å². The maximum Gasteiger partial charge on any atom is 0.331 e. The molecule has 3 saturated carbocycles. The standard InChI is InChI=1S/C29H40O5/c1-4-20(30)6-10-26(31)34-21-11-13-28(2)19(16-21)5-7-22-24-9-8-23(18-15-27(32)33-17-18)29(24,3)14-12-25(22)28/h9,15,19,21-23,25H,4-8,10-14,16-17H2,1-3H3/t19-,21+,22+,23-,25+,28+,29-/m1/s1. The fourth-order valence-electron chi connectivity index (χ4n) is 8.47. The lowest BCUT2D eigenvalue weighted by atomic mass is 9.45. The molecule has 0 aromatic rings. The Balaban J connectivity index is 1.24. The maximum atomic E-state index is 12.3. The Morgan fingerprint density at radius 1 is 1.12 bits per heavy atom. The number of ketones is 1. The molecule has 0 amide bonds. The molecule has 34 heavy (non-hydrogen) atoms. The van der Waals surface area contributed by atoms with Crippen LogP contribution in [0.3, 0.4) is 0 Å². The van der Waals surface area contributed by atoms with E-state index < -0.39 is 0 Å². The van der Waals surface area contributed by atoms with Crippen LogP contribution >= 0.6 is 0 Å². The molecule has 0 spiro atoms. The van der Waals surface area contributed by atoms with Crippen molar-refractivity contribution in [2.24, 2.45) is 34.5 Å². The summed E-state index contributed by atoms with van der Waals surface area (Å²) in [7, 11) is 0. The zero-order valence-electron chi connectivity index (χ0n) is 21.1. The van der Waals surface area contributed by atoms with Gasteiger partial charge < -0.3 is 9.47 Å². The van der Waals surface area contributed by atoms with E-state index in [0.29, 0.717) is 48.5 Å². The summed E-state index contributed by atoms with van der Waals surface area (Å²) in [5.74, 6) is 2.09. The van der Waals surface area contributed by atoms with Crippen molar-refractivity contribution in [2.45, 2.75) is 97.5 Å². The highest BCUT2D eigenvalue weighted by molar-refractivity contribution is 5.85. The van der Waals surface area contributed by atoms with Gasteiger partial charge in [-0.05, 0) is 91.4 Å². The molecule has 5 rings (SSSR count). The lowest BCUT2D eigenvalue weighted by molar-refractivity contribution is -0.158. The van der Waals surface area contributed by atoms with Crippen LogP contribution in [0.4, 0.5) is 0 Å². The predicted molar refractivity (Wildman–Crippen MR) is 129 cm³/mol. The molecule has 5 aliphatic rings. The molecule has 0 bridgehead atoms. The van der Waals surface area contributed by atoms with Crippen molar-refractivity contribution in [1.29, 1.82) is 0 Å². The molecule has 5 nitrogen and oxygen atoms in total. The molecular weight excluding hydrogens is 428 g/mol. The first-order valence-corrected chi connectivity index (χ1v) is 13.5. The van der Waals surface area contributed by atoms with Crippen molar-refractivity contribution in [2.75, 3.05) is 6.61 Å². The van der Waals surface area contributed by atoms with Crippen LogP contribution in [0, 0.1) is 34.5 Å². The number of hydrogen-bond acceptors (Lipinski definition) is 5. The van der Waals surface area contributed by atoms with Gasteiger partial charge in [-0.2, -0.15) is 0 Å². The second-order valence-corrected chi connectivity index (χ2v) is 12.0. The number of fused-ring (bicyclic) bond motifs is 5. The Morgan fingerprint density at radius 3 is 2.68 bits per heavy atom. The van der Waals surface area contributed by atoms with E-state index in [4.69, 9.17) is 9.47 Å². The van der Waals surface area contributed by atoms with Gasteiger partial charge in [0.15, 0.2) is 0 Å². The van der Waals surface area contributed by atoms with Crippen LogP contribution in [0.2, 0.25) is 0 Å². The average molecular weight is 469 g/mol.